The number of rotatable bonds is 10. The van der Waals surface area contributed by atoms with Gasteiger partial charge in [-0.15, -0.1) is 0 Å². The maximum atomic E-state index is 12.8. The predicted octanol–water partition coefficient (Wildman–Crippen LogP) is 1.36. The van der Waals surface area contributed by atoms with Crippen LogP contribution in [-0.4, -0.2) is 49.9 Å². The maximum absolute atomic E-state index is 12.8. The molecule has 0 aliphatic rings. The summed E-state index contributed by atoms with van der Waals surface area (Å²) in [6.07, 6.45) is 4.18. The first-order chi connectivity index (χ1) is 14.5. The van der Waals surface area contributed by atoms with E-state index in [2.05, 4.69) is 15.6 Å². The minimum atomic E-state index is -1.02. The standard InChI is InChI=1S/C21H25N5O4/c1-24-10-16(9-22)15-8-17(19(23)25-11-15)20(27)26-18(21(28)29-2)13-30-12-14-6-4-3-5-7-14/h3-11,18,22,24H,12-13H2,1-2H3,(H2,23,25)(H,26,27)/b16-10+,22-9?/t18-/m0/s1. The molecule has 0 bridgehead atoms. The number of nitrogen functional groups attached to an aromatic ring is 1. The number of pyridine rings is 1. The molecule has 1 heterocycles. The fourth-order valence-corrected chi connectivity index (χ4v) is 2.59. The van der Waals surface area contributed by atoms with Gasteiger partial charge in [-0.2, -0.15) is 0 Å². The molecule has 9 nitrogen and oxygen atoms in total. The topological polar surface area (TPSA) is 139 Å². The molecule has 2 aromatic rings. The molecule has 1 aromatic heterocycles. The lowest BCUT2D eigenvalue weighted by Crippen LogP contribution is -2.45. The summed E-state index contributed by atoms with van der Waals surface area (Å²) in [7, 11) is 2.92. The van der Waals surface area contributed by atoms with Crippen molar-refractivity contribution in [2.24, 2.45) is 0 Å². The Morgan fingerprint density at radius 2 is 2.03 bits per heavy atom. The van der Waals surface area contributed by atoms with Crippen LogP contribution < -0.4 is 16.4 Å². The Bertz CT molecular complexity index is 915. The van der Waals surface area contributed by atoms with Gasteiger partial charge in [0.25, 0.3) is 5.91 Å². The Balaban J connectivity index is 2.13. The SMILES string of the molecule is CN/C=C(\C=N)c1cnc(N)c(C(=O)N[C@@H](COCc2ccccc2)C(=O)OC)c1. The first kappa shape index (κ1) is 22.6. The molecular weight excluding hydrogens is 386 g/mol. The fraction of sp³-hybridized carbons (Fsp3) is 0.238. The van der Waals surface area contributed by atoms with Gasteiger partial charge in [0, 0.05) is 36.8 Å². The van der Waals surface area contributed by atoms with Gasteiger partial charge < -0.3 is 31.3 Å². The van der Waals surface area contributed by atoms with Crippen LogP contribution in [0.3, 0.4) is 0 Å². The number of nitrogens with one attached hydrogen (secondary N) is 3. The van der Waals surface area contributed by atoms with E-state index in [1.807, 2.05) is 30.3 Å². The number of esters is 1. The number of allylic oxidation sites excluding steroid dienone is 1. The third kappa shape index (κ3) is 6.14. The van der Waals surface area contributed by atoms with Crippen molar-refractivity contribution in [2.75, 3.05) is 26.5 Å². The third-order valence-corrected chi connectivity index (χ3v) is 4.14. The number of carbonyl (C=O) groups excluding carboxylic acids is 2. The van der Waals surface area contributed by atoms with Crippen LogP contribution in [-0.2, 0) is 20.9 Å². The van der Waals surface area contributed by atoms with E-state index in [9.17, 15) is 9.59 Å². The molecule has 1 aromatic carbocycles. The Morgan fingerprint density at radius 1 is 1.30 bits per heavy atom. The monoisotopic (exact) mass is 411 g/mol. The van der Waals surface area contributed by atoms with Gasteiger partial charge in [-0.05, 0) is 11.6 Å². The molecule has 0 unspecified atom stereocenters. The average Bonchev–Trinajstić information content (AvgIpc) is 2.77. The van der Waals surface area contributed by atoms with Crippen molar-refractivity contribution in [2.45, 2.75) is 12.6 Å². The van der Waals surface area contributed by atoms with E-state index in [0.717, 1.165) is 11.8 Å². The lowest BCUT2D eigenvalue weighted by Gasteiger charge is -2.17. The van der Waals surface area contributed by atoms with E-state index < -0.39 is 17.9 Å². The smallest absolute Gasteiger partial charge is 0.330 e. The Labute approximate surface area is 174 Å². The van der Waals surface area contributed by atoms with Crippen molar-refractivity contribution >= 4 is 29.5 Å². The minimum absolute atomic E-state index is 0.00106. The molecule has 9 heteroatoms. The number of aromatic nitrogens is 1. The van der Waals surface area contributed by atoms with Crippen molar-refractivity contribution in [3.63, 3.8) is 0 Å². The highest BCUT2D eigenvalue weighted by Crippen LogP contribution is 2.17. The highest BCUT2D eigenvalue weighted by molar-refractivity contribution is 6.09. The van der Waals surface area contributed by atoms with Crippen LogP contribution in [0.25, 0.3) is 5.57 Å². The number of anilines is 1. The average molecular weight is 411 g/mol. The van der Waals surface area contributed by atoms with Gasteiger partial charge in [-0.25, -0.2) is 9.78 Å². The van der Waals surface area contributed by atoms with Crippen LogP contribution in [0.4, 0.5) is 5.82 Å². The molecular formula is C21H25N5O4. The second-order valence-corrected chi connectivity index (χ2v) is 6.24. The molecule has 0 radical (unpaired) electrons. The van der Waals surface area contributed by atoms with E-state index in [1.54, 1.807) is 13.2 Å². The van der Waals surface area contributed by atoms with E-state index in [1.165, 1.54) is 19.4 Å². The van der Waals surface area contributed by atoms with Crippen molar-refractivity contribution in [3.05, 3.63) is 65.5 Å². The summed E-state index contributed by atoms with van der Waals surface area (Å²) in [4.78, 5) is 28.9. The first-order valence-corrected chi connectivity index (χ1v) is 9.14. The van der Waals surface area contributed by atoms with E-state index >= 15 is 0 Å². The van der Waals surface area contributed by atoms with Gasteiger partial charge in [0.15, 0.2) is 6.04 Å². The number of ether oxygens (including phenoxy) is 2. The molecule has 2 rings (SSSR count). The molecule has 0 aliphatic carbocycles. The Hall–Kier alpha value is -3.72. The molecule has 5 N–H and O–H groups in total. The number of nitrogens with zero attached hydrogens (tertiary/aromatic N) is 1. The van der Waals surface area contributed by atoms with Crippen molar-refractivity contribution < 1.29 is 19.1 Å². The van der Waals surface area contributed by atoms with Crippen LogP contribution in [0, 0.1) is 5.41 Å². The minimum Gasteiger partial charge on any atom is -0.467 e. The largest absolute Gasteiger partial charge is 0.467 e. The van der Waals surface area contributed by atoms with E-state index in [0.29, 0.717) is 11.1 Å². The molecule has 0 saturated heterocycles. The highest BCUT2D eigenvalue weighted by Gasteiger charge is 2.24. The Morgan fingerprint density at radius 3 is 2.67 bits per heavy atom. The zero-order chi connectivity index (χ0) is 21.9. The summed E-state index contributed by atoms with van der Waals surface area (Å²) in [6.45, 7) is 0.201. The molecule has 158 valence electrons. The molecule has 1 atom stereocenters. The summed E-state index contributed by atoms with van der Waals surface area (Å²) in [5, 5.41) is 12.9. The van der Waals surface area contributed by atoms with Crippen LogP contribution in [0.2, 0.25) is 0 Å². The van der Waals surface area contributed by atoms with Gasteiger partial charge in [-0.3, -0.25) is 4.79 Å². The lowest BCUT2D eigenvalue weighted by molar-refractivity contribution is -0.144. The summed E-state index contributed by atoms with van der Waals surface area (Å²) in [5.41, 5.74) is 7.90. The fourth-order valence-electron chi connectivity index (χ4n) is 2.59. The van der Waals surface area contributed by atoms with Crippen LogP contribution >= 0.6 is 0 Å². The zero-order valence-corrected chi connectivity index (χ0v) is 16.8. The summed E-state index contributed by atoms with van der Waals surface area (Å²) < 4.78 is 10.3. The van der Waals surface area contributed by atoms with Crippen LogP contribution in [0.5, 0.6) is 0 Å². The van der Waals surface area contributed by atoms with Crippen molar-refractivity contribution in [3.8, 4) is 0 Å². The van der Waals surface area contributed by atoms with Crippen molar-refractivity contribution in [1.82, 2.24) is 15.6 Å². The van der Waals surface area contributed by atoms with Gasteiger partial charge >= 0.3 is 5.97 Å². The van der Waals surface area contributed by atoms with E-state index in [4.69, 9.17) is 20.6 Å². The molecule has 0 aliphatic heterocycles. The maximum Gasteiger partial charge on any atom is 0.330 e. The number of methoxy groups -OCH3 is 1. The summed E-state index contributed by atoms with van der Waals surface area (Å²) in [6, 6.07) is 9.92. The molecule has 30 heavy (non-hydrogen) atoms. The first-order valence-electron chi connectivity index (χ1n) is 9.14. The predicted molar refractivity (Wildman–Crippen MR) is 114 cm³/mol. The summed E-state index contributed by atoms with van der Waals surface area (Å²) >= 11 is 0. The number of amides is 1. The molecule has 1 amide bonds. The highest BCUT2D eigenvalue weighted by atomic mass is 16.5. The van der Waals surface area contributed by atoms with Gasteiger partial charge in [0.2, 0.25) is 0 Å². The number of nitrogens with two attached hydrogens (primary N) is 1. The second-order valence-electron chi connectivity index (χ2n) is 6.24. The number of hydrogen-bond donors (Lipinski definition) is 4. The summed E-state index contributed by atoms with van der Waals surface area (Å²) in [5.74, 6) is -1.25. The quantitative estimate of drug-likeness (QED) is 0.342. The zero-order valence-electron chi connectivity index (χ0n) is 16.8. The van der Waals surface area contributed by atoms with Crippen molar-refractivity contribution in [1.29, 1.82) is 5.41 Å². The van der Waals surface area contributed by atoms with Gasteiger partial charge in [0.05, 0.1) is 25.9 Å². The number of carbonyl (C=O) groups is 2. The molecule has 0 saturated carbocycles. The van der Waals surface area contributed by atoms with Crippen LogP contribution in [0.15, 0.2) is 48.8 Å². The normalized spacial score (nSPS) is 12.0. The van der Waals surface area contributed by atoms with Gasteiger partial charge in [-0.1, -0.05) is 30.3 Å². The Kier molecular flexibility index (Phi) is 8.52. The molecule has 0 fully saturated rings. The second kappa shape index (κ2) is 11.3. The van der Waals surface area contributed by atoms with Gasteiger partial charge in [0.1, 0.15) is 5.82 Å². The third-order valence-electron chi connectivity index (χ3n) is 4.14. The lowest BCUT2D eigenvalue weighted by atomic mass is 10.1. The number of hydrogen-bond acceptors (Lipinski definition) is 8. The molecule has 0 spiro atoms. The van der Waals surface area contributed by atoms with Crippen LogP contribution in [0.1, 0.15) is 21.5 Å². The van der Waals surface area contributed by atoms with E-state index in [-0.39, 0.29) is 24.6 Å². The number of benzene rings is 1.